The fourth-order valence-electron chi connectivity index (χ4n) is 2.04. The fourth-order valence-corrected chi connectivity index (χ4v) is 2.04. The zero-order chi connectivity index (χ0) is 11.5. The van der Waals surface area contributed by atoms with Crippen LogP contribution in [0.4, 0.5) is 0 Å². The van der Waals surface area contributed by atoms with E-state index >= 15 is 0 Å². The summed E-state index contributed by atoms with van der Waals surface area (Å²) in [5, 5.41) is 8.79. The third-order valence-electron chi connectivity index (χ3n) is 3.06. The van der Waals surface area contributed by atoms with Gasteiger partial charge in [0.25, 0.3) is 0 Å². The van der Waals surface area contributed by atoms with Crippen LogP contribution in [-0.4, -0.2) is 48.6 Å². The summed E-state index contributed by atoms with van der Waals surface area (Å²) in [6.07, 6.45) is 2.07. The van der Waals surface area contributed by atoms with Crippen LogP contribution < -0.4 is 0 Å². The maximum Gasteiger partial charge on any atom is 0.0941 e. The van der Waals surface area contributed by atoms with Crippen LogP contribution in [0.3, 0.4) is 0 Å². The molecule has 84 valence electrons. The van der Waals surface area contributed by atoms with Crippen molar-refractivity contribution in [3.63, 3.8) is 0 Å². The highest BCUT2D eigenvalue weighted by Gasteiger charge is 2.27. The van der Waals surface area contributed by atoms with Gasteiger partial charge in [0, 0.05) is 37.3 Å². The van der Waals surface area contributed by atoms with Crippen molar-refractivity contribution in [1.29, 1.82) is 5.26 Å². The summed E-state index contributed by atoms with van der Waals surface area (Å²) in [6, 6.07) is 2.19. The zero-order valence-electron chi connectivity index (χ0n) is 10.2. The Morgan fingerprint density at radius 2 is 1.80 bits per heavy atom. The van der Waals surface area contributed by atoms with Crippen molar-refractivity contribution in [2.75, 3.05) is 33.2 Å². The Hall–Kier alpha value is -0.850. The highest BCUT2D eigenvalue weighted by atomic mass is 15.3. The molecule has 0 atom stereocenters. The van der Waals surface area contributed by atoms with Crippen molar-refractivity contribution in [3.8, 4) is 6.07 Å². The van der Waals surface area contributed by atoms with Crippen LogP contribution in [0.25, 0.3) is 0 Å². The fraction of sp³-hybridized carbons (Fsp3) is 0.750. The van der Waals surface area contributed by atoms with Gasteiger partial charge in [0.15, 0.2) is 0 Å². The van der Waals surface area contributed by atoms with Crippen LogP contribution in [0, 0.1) is 11.3 Å². The summed E-state index contributed by atoms with van der Waals surface area (Å²) < 4.78 is 0. The van der Waals surface area contributed by atoms with Crippen molar-refractivity contribution < 1.29 is 0 Å². The number of piperazine rings is 1. The van der Waals surface area contributed by atoms with E-state index in [1.54, 1.807) is 0 Å². The normalized spacial score (nSPS) is 21.4. The molecule has 0 radical (unpaired) electrons. The molecular weight excluding hydrogens is 186 g/mol. The molecule has 1 heterocycles. The predicted octanol–water partition coefficient (Wildman–Crippen LogP) is 1.48. The molecule has 0 unspecified atom stereocenters. The quantitative estimate of drug-likeness (QED) is 0.643. The molecule has 3 nitrogen and oxygen atoms in total. The van der Waals surface area contributed by atoms with Crippen LogP contribution in [0.2, 0.25) is 0 Å². The average Bonchev–Trinajstić information content (AvgIpc) is 2.17. The maximum absolute atomic E-state index is 8.79. The van der Waals surface area contributed by atoms with E-state index < -0.39 is 0 Å². The smallest absolute Gasteiger partial charge is 0.0941 e. The number of rotatable bonds is 2. The molecule has 0 aromatic carbocycles. The molecule has 0 N–H and O–H groups in total. The lowest BCUT2D eigenvalue weighted by atomic mass is 9.98. The van der Waals surface area contributed by atoms with Gasteiger partial charge in [-0.1, -0.05) is 6.08 Å². The molecule has 0 saturated carbocycles. The molecule has 15 heavy (non-hydrogen) atoms. The van der Waals surface area contributed by atoms with Crippen LogP contribution in [0.5, 0.6) is 0 Å². The lowest BCUT2D eigenvalue weighted by molar-refractivity contribution is 0.0893. The molecule has 3 heteroatoms. The van der Waals surface area contributed by atoms with E-state index in [-0.39, 0.29) is 5.54 Å². The Morgan fingerprint density at radius 3 is 2.27 bits per heavy atom. The monoisotopic (exact) mass is 207 g/mol. The molecular formula is C12H21N3. The highest BCUT2D eigenvalue weighted by Crippen LogP contribution is 2.19. The van der Waals surface area contributed by atoms with Crippen LogP contribution in [0.1, 0.15) is 20.8 Å². The van der Waals surface area contributed by atoms with Gasteiger partial charge >= 0.3 is 0 Å². The number of nitrogens with zero attached hydrogens (tertiary/aromatic N) is 3. The van der Waals surface area contributed by atoms with E-state index in [0.717, 1.165) is 31.8 Å². The third-order valence-corrected chi connectivity index (χ3v) is 3.06. The first-order valence-corrected chi connectivity index (χ1v) is 5.49. The first-order valence-electron chi connectivity index (χ1n) is 5.49. The number of likely N-dealkylation sites (N-methyl/N-ethyl adjacent to an activating group) is 1. The van der Waals surface area contributed by atoms with Gasteiger partial charge < -0.3 is 4.90 Å². The van der Waals surface area contributed by atoms with E-state index in [1.165, 1.54) is 0 Å². The zero-order valence-corrected chi connectivity index (χ0v) is 10.2. The van der Waals surface area contributed by atoms with Gasteiger partial charge in [-0.2, -0.15) is 5.26 Å². The Labute approximate surface area is 93.0 Å². The maximum atomic E-state index is 8.79. The first-order chi connectivity index (χ1) is 6.95. The Bertz CT molecular complexity index is 278. The molecule has 0 aromatic heterocycles. The van der Waals surface area contributed by atoms with Gasteiger partial charge in [-0.05, 0) is 27.8 Å². The number of hydrogen-bond acceptors (Lipinski definition) is 3. The largest absolute Gasteiger partial charge is 0.304 e. The molecule has 0 amide bonds. The van der Waals surface area contributed by atoms with Gasteiger partial charge in [-0.3, -0.25) is 4.90 Å². The minimum Gasteiger partial charge on any atom is -0.304 e. The summed E-state index contributed by atoms with van der Waals surface area (Å²) in [5.74, 6) is 0. The van der Waals surface area contributed by atoms with Gasteiger partial charge in [0.05, 0.1) is 6.07 Å². The summed E-state index contributed by atoms with van der Waals surface area (Å²) >= 11 is 0. The minimum atomic E-state index is 0.00106. The summed E-state index contributed by atoms with van der Waals surface area (Å²) in [5.41, 5.74) is 0.806. The van der Waals surface area contributed by atoms with Crippen molar-refractivity contribution in [2.45, 2.75) is 26.3 Å². The van der Waals surface area contributed by atoms with Crippen LogP contribution >= 0.6 is 0 Å². The Kier molecular flexibility index (Phi) is 3.90. The summed E-state index contributed by atoms with van der Waals surface area (Å²) in [7, 11) is 2.15. The van der Waals surface area contributed by atoms with Crippen LogP contribution in [0.15, 0.2) is 11.6 Å². The molecule has 1 rings (SSSR count). The van der Waals surface area contributed by atoms with E-state index in [2.05, 4.69) is 42.8 Å². The van der Waals surface area contributed by atoms with Crippen molar-refractivity contribution in [1.82, 2.24) is 9.80 Å². The van der Waals surface area contributed by atoms with Crippen molar-refractivity contribution in [2.24, 2.45) is 0 Å². The molecule has 1 aliphatic heterocycles. The SMILES string of the molecule is C/C(C#N)=C/C(C)(C)N1CCN(C)CC1. The number of hydrogen-bond donors (Lipinski definition) is 0. The minimum absolute atomic E-state index is 0.00106. The molecule has 1 saturated heterocycles. The van der Waals surface area contributed by atoms with E-state index in [9.17, 15) is 0 Å². The topological polar surface area (TPSA) is 30.3 Å². The first kappa shape index (κ1) is 12.2. The second-order valence-electron chi connectivity index (χ2n) is 4.88. The molecule has 0 spiro atoms. The molecule has 0 bridgehead atoms. The van der Waals surface area contributed by atoms with Gasteiger partial charge in [-0.15, -0.1) is 0 Å². The third kappa shape index (κ3) is 3.33. The standard InChI is InChI=1S/C12H21N3/c1-11(10-13)9-12(2,3)15-7-5-14(4)6-8-15/h9H,5-8H2,1-4H3/b11-9-. The second kappa shape index (κ2) is 4.78. The Morgan fingerprint density at radius 1 is 1.27 bits per heavy atom. The summed E-state index contributed by atoms with van der Waals surface area (Å²) in [4.78, 5) is 4.78. The number of allylic oxidation sites excluding steroid dienone is 1. The second-order valence-corrected chi connectivity index (χ2v) is 4.88. The van der Waals surface area contributed by atoms with E-state index in [1.807, 2.05) is 6.92 Å². The van der Waals surface area contributed by atoms with Gasteiger partial charge in [0.2, 0.25) is 0 Å². The molecule has 0 aromatic rings. The van der Waals surface area contributed by atoms with E-state index in [4.69, 9.17) is 5.26 Å². The molecule has 1 aliphatic rings. The lowest BCUT2D eigenvalue weighted by Crippen LogP contribution is -2.52. The molecule has 1 fully saturated rings. The van der Waals surface area contributed by atoms with Gasteiger partial charge in [-0.25, -0.2) is 0 Å². The lowest BCUT2D eigenvalue weighted by Gasteiger charge is -2.41. The van der Waals surface area contributed by atoms with Crippen LogP contribution in [-0.2, 0) is 0 Å². The molecule has 0 aliphatic carbocycles. The van der Waals surface area contributed by atoms with E-state index in [0.29, 0.717) is 0 Å². The van der Waals surface area contributed by atoms with Crippen molar-refractivity contribution in [3.05, 3.63) is 11.6 Å². The number of nitriles is 1. The van der Waals surface area contributed by atoms with Crippen molar-refractivity contribution >= 4 is 0 Å². The Balaban J connectivity index is 2.66. The van der Waals surface area contributed by atoms with Gasteiger partial charge in [0.1, 0.15) is 0 Å². The predicted molar refractivity (Wildman–Crippen MR) is 62.5 cm³/mol. The summed E-state index contributed by atoms with van der Waals surface area (Å²) in [6.45, 7) is 10.6. The highest BCUT2D eigenvalue weighted by molar-refractivity contribution is 5.22. The average molecular weight is 207 g/mol.